The van der Waals surface area contributed by atoms with E-state index >= 15 is 4.39 Å². The number of carboxylic acids is 1. The third kappa shape index (κ3) is 6.56. The molecule has 0 radical (unpaired) electrons. The fourth-order valence-corrected chi connectivity index (χ4v) is 5.60. The number of carbonyl (C=O) groups is 3. The van der Waals surface area contributed by atoms with Crippen molar-refractivity contribution in [2.45, 2.75) is 58.3 Å². The van der Waals surface area contributed by atoms with E-state index < -0.39 is 38.1 Å². The van der Waals surface area contributed by atoms with Gasteiger partial charge in [-0.3, -0.25) is 9.69 Å². The summed E-state index contributed by atoms with van der Waals surface area (Å²) in [5.74, 6) is -2.53. The van der Waals surface area contributed by atoms with E-state index in [2.05, 4.69) is 43.8 Å². The van der Waals surface area contributed by atoms with E-state index in [-0.39, 0.29) is 64.9 Å². The highest BCUT2D eigenvalue weighted by molar-refractivity contribution is 6.74. The van der Waals surface area contributed by atoms with Gasteiger partial charge >= 0.3 is 12.0 Å². The van der Waals surface area contributed by atoms with Crippen LogP contribution in [0, 0.1) is 5.82 Å². The molecule has 14 heteroatoms. The highest BCUT2D eigenvalue weighted by Gasteiger charge is 2.39. The van der Waals surface area contributed by atoms with Crippen LogP contribution in [0.25, 0.3) is 0 Å². The Morgan fingerprint density at radius 1 is 1.20 bits per heavy atom. The van der Waals surface area contributed by atoms with Gasteiger partial charge in [0.25, 0.3) is 5.91 Å². The minimum Gasteiger partial charge on any atom is -0.480 e. The number of amides is 3. The zero-order chi connectivity index (χ0) is 30.0. The molecule has 1 fully saturated rings. The maximum atomic E-state index is 15.5. The summed E-state index contributed by atoms with van der Waals surface area (Å²) in [7, 11) is -2.16. The summed E-state index contributed by atoms with van der Waals surface area (Å²) in [5.41, 5.74) is 0.0225. The van der Waals surface area contributed by atoms with Crippen LogP contribution in [0.4, 0.5) is 20.6 Å². The fourth-order valence-electron chi connectivity index (χ4n) is 4.09. The molecule has 1 atom stereocenters. The zero-order valence-electron chi connectivity index (χ0n) is 23.4. The molecule has 0 aliphatic carbocycles. The highest BCUT2D eigenvalue weighted by Crippen LogP contribution is 2.37. The molecule has 1 aromatic carbocycles. The molecule has 1 unspecified atom stereocenters. The van der Waals surface area contributed by atoms with Crippen molar-refractivity contribution in [3.8, 4) is 0 Å². The van der Waals surface area contributed by atoms with Crippen LogP contribution in [-0.4, -0.2) is 78.5 Å². The van der Waals surface area contributed by atoms with Crippen LogP contribution in [-0.2, 0) is 9.22 Å². The second-order valence-electron chi connectivity index (χ2n) is 10.9. The van der Waals surface area contributed by atoms with Gasteiger partial charge in [0.2, 0.25) is 0 Å². The zero-order valence-corrected chi connectivity index (χ0v) is 25.9. The number of hydrogen-bond acceptors (Lipinski definition) is 6. The third-order valence-electron chi connectivity index (χ3n) is 7.42. The second kappa shape index (κ2) is 12.4. The van der Waals surface area contributed by atoms with Crippen molar-refractivity contribution in [3.05, 3.63) is 46.2 Å². The molecule has 1 aliphatic rings. The summed E-state index contributed by atoms with van der Waals surface area (Å²) >= 11 is 12.4. The normalized spacial score (nSPS) is 15.0. The first-order valence-corrected chi connectivity index (χ1v) is 16.5. The Balaban J connectivity index is 1.93. The van der Waals surface area contributed by atoms with Crippen LogP contribution in [0.5, 0.6) is 0 Å². The lowest BCUT2D eigenvalue weighted by Crippen LogP contribution is -2.44. The monoisotopic (exact) mass is 613 g/mol. The topological polar surface area (TPSA) is 116 Å². The maximum Gasteiger partial charge on any atom is 0.326 e. The molecule has 2 aromatic rings. The van der Waals surface area contributed by atoms with Gasteiger partial charge in [-0.15, -0.1) is 0 Å². The van der Waals surface area contributed by atoms with Crippen molar-refractivity contribution in [1.29, 1.82) is 0 Å². The molecule has 1 aliphatic heterocycles. The SMILES string of the molecule is CCC(C(=O)O)N1CCN(c2ccc(N(CCO[Si](C)(C)C(C)(C)C)C(=O)c3c(Cl)ncnc3Cl)cc2F)C1=O. The lowest BCUT2D eigenvalue weighted by Gasteiger charge is -2.37. The largest absolute Gasteiger partial charge is 0.480 e. The predicted octanol–water partition coefficient (Wildman–Crippen LogP) is 5.70. The van der Waals surface area contributed by atoms with Gasteiger partial charge in [0, 0.05) is 25.3 Å². The molecule has 3 rings (SSSR count). The first-order valence-electron chi connectivity index (χ1n) is 12.8. The van der Waals surface area contributed by atoms with Crippen molar-refractivity contribution >= 4 is 60.8 Å². The van der Waals surface area contributed by atoms with Gasteiger partial charge in [-0.25, -0.2) is 23.9 Å². The first kappa shape index (κ1) is 31.7. The van der Waals surface area contributed by atoms with Crippen LogP contribution in [0.3, 0.4) is 0 Å². The number of aliphatic carboxylic acids is 1. The Morgan fingerprint density at radius 2 is 1.82 bits per heavy atom. The van der Waals surface area contributed by atoms with Crippen LogP contribution in [0.15, 0.2) is 24.5 Å². The molecule has 218 valence electrons. The second-order valence-corrected chi connectivity index (χ2v) is 16.4. The quantitative estimate of drug-likeness (QED) is 0.270. The number of rotatable bonds is 10. The van der Waals surface area contributed by atoms with Crippen molar-refractivity contribution < 1.29 is 28.3 Å². The smallest absolute Gasteiger partial charge is 0.326 e. The van der Waals surface area contributed by atoms with Gasteiger partial charge in [-0.05, 0) is 42.8 Å². The highest BCUT2D eigenvalue weighted by atomic mass is 35.5. The number of benzene rings is 1. The van der Waals surface area contributed by atoms with Crippen molar-refractivity contribution in [2.24, 2.45) is 0 Å². The molecule has 1 saturated heterocycles. The lowest BCUT2D eigenvalue weighted by molar-refractivity contribution is -0.142. The standard InChI is InChI=1S/C26H34Cl2FN5O5Si/c1-7-18(24(36)37)33-10-11-34(25(33)38)19-9-8-16(14-17(19)29)32(12-13-39-40(5,6)26(2,3)4)23(35)20-21(27)30-15-31-22(20)28/h8-9,14-15,18H,7,10-13H2,1-6H3,(H,36,37). The summed E-state index contributed by atoms with van der Waals surface area (Å²) in [6, 6.07) is 2.41. The van der Waals surface area contributed by atoms with Crippen molar-refractivity contribution in [1.82, 2.24) is 14.9 Å². The molecule has 10 nitrogen and oxygen atoms in total. The minimum atomic E-state index is -2.16. The molecule has 1 N–H and O–H groups in total. The molecule has 2 heterocycles. The maximum absolute atomic E-state index is 15.5. The van der Waals surface area contributed by atoms with Crippen LogP contribution in [0.2, 0.25) is 28.4 Å². The van der Waals surface area contributed by atoms with E-state index in [4.69, 9.17) is 27.6 Å². The Kier molecular flexibility index (Phi) is 9.81. The predicted molar refractivity (Wildman–Crippen MR) is 154 cm³/mol. The van der Waals surface area contributed by atoms with Gasteiger partial charge < -0.3 is 19.3 Å². The number of aromatic nitrogens is 2. The van der Waals surface area contributed by atoms with Crippen molar-refractivity contribution in [3.63, 3.8) is 0 Å². The van der Waals surface area contributed by atoms with Gasteiger partial charge in [-0.1, -0.05) is 50.9 Å². The van der Waals surface area contributed by atoms with E-state index in [0.717, 1.165) is 12.4 Å². The van der Waals surface area contributed by atoms with Gasteiger partial charge in [0.05, 0.1) is 12.3 Å². The molecule has 0 saturated carbocycles. The first-order chi connectivity index (χ1) is 18.6. The molecule has 40 heavy (non-hydrogen) atoms. The van der Waals surface area contributed by atoms with Gasteiger partial charge in [-0.2, -0.15) is 0 Å². The molecular weight excluding hydrogens is 580 g/mol. The van der Waals surface area contributed by atoms with E-state index in [1.165, 1.54) is 26.8 Å². The fraction of sp³-hybridized carbons (Fsp3) is 0.500. The Hall–Kier alpha value is -2.80. The van der Waals surface area contributed by atoms with Gasteiger partial charge in [0.1, 0.15) is 34.1 Å². The Morgan fingerprint density at radius 3 is 2.35 bits per heavy atom. The van der Waals surface area contributed by atoms with E-state index in [1.54, 1.807) is 6.92 Å². The van der Waals surface area contributed by atoms with Crippen molar-refractivity contribution in [2.75, 3.05) is 36.0 Å². The lowest BCUT2D eigenvalue weighted by atomic mass is 10.2. The molecular formula is C26H34Cl2FN5O5Si. The summed E-state index contributed by atoms with van der Waals surface area (Å²) in [6.45, 7) is 12.6. The number of halogens is 3. The number of anilines is 2. The third-order valence-corrected chi connectivity index (χ3v) is 12.5. The Bertz CT molecular complexity index is 1270. The van der Waals surface area contributed by atoms with E-state index in [1.807, 2.05) is 0 Å². The van der Waals surface area contributed by atoms with Crippen LogP contribution in [0.1, 0.15) is 44.5 Å². The molecule has 1 aromatic heterocycles. The summed E-state index contributed by atoms with van der Waals surface area (Å²) in [4.78, 5) is 49.6. The average molecular weight is 615 g/mol. The summed E-state index contributed by atoms with van der Waals surface area (Å²) in [6.07, 6.45) is 1.35. The van der Waals surface area contributed by atoms with E-state index in [9.17, 15) is 19.5 Å². The molecule has 0 spiro atoms. The van der Waals surface area contributed by atoms with E-state index in [0.29, 0.717) is 0 Å². The number of hydrogen-bond donors (Lipinski definition) is 1. The number of carbonyl (C=O) groups excluding carboxylic acids is 2. The average Bonchev–Trinajstić information content (AvgIpc) is 3.21. The molecule has 0 bridgehead atoms. The number of urea groups is 1. The minimum absolute atomic E-state index is 0.0273. The summed E-state index contributed by atoms with van der Waals surface area (Å²) < 4.78 is 21.8. The number of nitrogens with zero attached hydrogens (tertiary/aromatic N) is 5. The number of carboxylic acid groups (broad SMARTS) is 1. The van der Waals surface area contributed by atoms with Gasteiger partial charge in [0.15, 0.2) is 8.32 Å². The summed E-state index contributed by atoms with van der Waals surface area (Å²) in [5, 5.41) is 9.09. The van der Waals surface area contributed by atoms with Crippen LogP contribution < -0.4 is 9.80 Å². The van der Waals surface area contributed by atoms with Crippen LogP contribution >= 0.6 is 23.2 Å². The Labute approximate surface area is 244 Å². The molecule has 3 amide bonds.